The van der Waals surface area contributed by atoms with E-state index in [-0.39, 0.29) is 36.7 Å². The van der Waals surface area contributed by atoms with Crippen LogP contribution in [0.15, 0.2) is 59.8 Å². The molecule has 196 valence electrons. The van der Waals surface area contributed by atoms with Gasteiger partial charge in [-0.2, -0.15) is 0 Å². The molecular formula is C30H37N3O4. The Balaban J connectivity index is 1.60. The fourth-order valence-electron chi connectivity index (χ4n) is 5.36. The van der Waals surface area contributed by atoms with Gasteiger partial charge in [-0.3, -0.25) is 9.59 Å². The first kappa shape index (κ1) is 26.6. The van der Waals surface area contributed by atoms with Gasteiger partial charge >= 0.3 is 5.97 Å². The highest BCUT2D eigenvalue weighted by molar-refractivity contribution is 5.96. The SMILES string of the molecule is CCOC(=O)C1=C(C)N(Cc2cccc(C(=O)N3CCN(CC)CC3)c2)C(=O)CC1c1ccccc1C. The van der Waals surface area contributed by atoms with Crippen LogP contribution < -0.4 is 0 Å². The topological polar surface area (TPSA) is 70.2 Å². The van der Waals surface area contributed by atoms with Crippen LogP contribution >= 0.6 is 0 Å². The number of likely N-dealkylation sites (N-methyl/N-ethyl adjacent to an activating group) is 1. The molecule has 1 saturated heterocycles. The van der Waals surface area contributed by atoms with Gasteiger partial charge in [0.2, 0.25) is 5.91 Å². The zero-order chi connectivity index (χ0) is 26.5. The van der Waals surface area contributed by atoms with Crippen molar-refractivity contribution in [1.29, 1.82) is 0 Å². The van der Waals surface area contributed by atoms with Crippen molar-refractivity contribution < 1.29 is 19.1 Å². The fraction of sp³-hybridized carbons (Fsp3) is 0.433. The number of carbonyl (C=O) groups is 3. The average molecular weight is 504 g/mol. The summed E-state index contributed by atoms with van der Waals surface area (Å²) in [6.07, 6.45) is 0.191. The number of esters is 1. The molecule has 0 radical (unpaired) electrons. The third kappa shape index (κ3) is 5.77. The van der Waals surface area contributed by atoms with E-state index < -0.39 is 0 Å². The second-order valence-corrected chi connectivity index (χ2v) is 9.74. The lowest BCUT2D eigenvalue weighted by Gasteiger charge is -2.35. The van der Waals surface area contributed by atoms with Crippen molar-refractivity contribution in [2.45, 2.75) is 46.6 Å². The molecule has 7 nitrogen and oxygen atoms in total. The Kier molecular flexibility index (Phi) is 8.44. The number of benzene rings is 2. The predicted octanol–water partition coefficient (Wildman–Crippen LogP) is 4.13. The largest absolute Gasteiger partial charge is 0.463 e. The van der Waals surface area contributed by atoms with Crippen molar-refractivity contribution in [3.63, 3.8) is 0 Å². The number of hydrogen-bond donors (Lipinski definition) is 0. The van der Waals surface area contributed by atoms with E-state index in [4.69, 9.17) is 4.74 Å². The minimum atomic E-state index is -0.388. The third-order valence-corrected chi connectivity index (χ3v) is 7.50. The third-order valence-electron chi connectivity index (χ3n) is 7.50. The molecule has 2 aliphatic heterocycles. The van der Waals surface area contributed by atoms with Crippen LogP contribution in [-0.4, -0.2) is 71.8 Å². The van der Waals surface area contributed by atoms with Crippen LogP contribution in [0.1, 0.15) is 60.2 Å². The van der Waals surface area contributed by atoms with Crippen molar-refractivity contribution in [2.75, 3.05) is 39.3 Å². The summed E-state index contributed by atoms with van der Waals surface area (Å²) in [5.74, 6) is -0.771. The number of carbonyl (C=O) groups excluding carboxylic acids is 3. The van der Waals surface area contributed by atoms with Crippen molar-refractivity contribution in [3.8, 4) is 0 Å². The molecular weight excluding hydrogens is 466 g/mol. The van der Waals surface area contributed by atoms with Gasteiger partial charge in [0.05, 0.1) is 18.7 Å². The average Bonchev–Trinajstić information content (AvgIpc) is 2.91. The van der Waals surface area contributed by atoms with Gasteiger partial charge < -0.3 is 19.4 Å². The Bertz CT molecular complexity index is 1200. The molecule has 0 aliphatic carbocycles. The van der Waals surface area contributed by atoms with Gasteiger partial charge in [-0.1, -0.05) is 43.3 Å². The Labute approximate surface area is 219 Å². The van der Waals surface area contributed by atoms with Crippen LogP contribution in [0.4, 0.5) is 0 Å². The lowest BCUT2D eigenvalue weighted by Crippen LogP contribution is -2.48. The van der Waals surface area contributed by atoms with E-state index >= 15 is 0 Å². The first-order valence-electron chi connectivity index (χ1n) is 13.2. The molecule has 2 aliphatic rings. The summed E-state index contributed by atoms with van der Waals surface area (Å²) in [7, 11) is 0. The second-order valence-electron chi connectivity index (χ2n) is 9.74. The summed E-state index contributed by atoms with van der Waals surface area (Å²) in [6.45, 7) is 12.5. The number of ether oxygens (including phenoxy) is 1. The Morgan fingerprint density at radius 1 is 0.973 bits per heavy atom. The molecule has 1 fully saturated rings. The monoisotopic (exact) mass is 503 g/mol. The van der Waals surface area contributed by atoms with E-state index in [1.165, 1.54) is 0 Å². The molecule has 1 atom stereocenters. The van der Waals surface area contributed by atoms with Gasteiger partial charge in [0, 0.05) is 49.8 Å². The van der Waals surface area contributed by atoms with E-state index in [2.05, 4.69) is 11.8 Å². The number of rotatable bonds is 7. The zero-order valence-corrected chi connectivity index (χ0v) is 22.3. The van der Waals surface area contributed by atoms with Crippen LogP contribution in [0.3, 0.4) is 0 Å². The maximum Gasteiger partial charge on any atom is 0.336 e. The van der Waals surface area contributed by atoms with Crippen molar-refractivity contribution in [1.82, 2.24) is 14.7 Å². The molecule has 4 rings (SSSR count). The van der Waals surface area contributed by atoms with Gasteiger partial charge in [-0.25, -0.2) is 4.79 Å². The van der Waals surface area contributed by atoms with E-state index in [9.17, 15) is 14.4 Å². The number of hydrogen-bond acceptors (Lipinski definition) is 5. The minimum Gasteiger partial charge on any atom is -0.463 e. The fourth-order valence-corrected chi connectivity index (χ4v) is 5.36. The van der Waals surface area contributed by atoms with Gasteiger partial charge in [0.1, 0.15) is 0 Å². The zero-order valence-electron chi connectivity index (χ0n) is 22.3. The number of amides is 2. The highest BCUT2D eigenvalue weighted by Gasteiger charge is 2.37. The summed E-state index contributed by atoms with van der Waals surface area (Å²) >= 11 is 0. The molecule has 37 heavy (non-hydrogen) atoms. The summed E-state index contributed by atoms with van der Waals surface area (Å²) < 4.78 is 5.42. The first-order chi connectivity index (χ1) is 17.8. The quantitative estimate of drug-likeness (QED) is 0.532. The van der Waals surface area contributed by atoms with Crippen molar-refractivity contribution >= 4 is 17.8 Å². The molecule has 0 spiro atoms. The van der Waals surface area contributed by atoms with Crippen LogP contribution in [0.5, 0.6) is 0 Å². The molecule has 2 heterocycles. The highest BCUT2D eigenvalue weighted by atomic mass is 16.5. The predicted molar refractivity (Wildman–Crippen MR) is 143 cm³/mol. The van der Waals surface area contributed by atoms with Crippen molar-refractivity contribution in [3.05, 3.63) is 82.1 Å². The van der Waals surface area contributed by atoms with Gasteiger partial charge in [-0.05, 0) is 56.1 Å². The number of nitrogens with zero attached hydrogens (tertiary/aromatic N) is 3. The molecule has 0 bridgehead atoms. The van der Waals surface area contributed by atoms with E-state index in [1.54, 1.807) is 11.8 Å². The molecule has 2 amide bonds. The molecule has 2 aromatic carbocycles. The summed E-state index contributed by atoms with van der Waals surface area (Å²) in [5, 5.41) is 0. The van der Waals surface area contributed by atoms with Crippen LogP contribution in [0.25, 0.3) is 0 Å². The maximum atomic E-state index is 13.4. The summed E-state index contributed by atoms with van der Waals surface area (Å²) in [5.41, 5.74) is 4.61. The summed E-state index contributed by atoms with van der Waals surface area (Å²) in [6, 6.07) is 15.3. The lowest BCUT2D eigenvalue weighted by molar-refractivity contribution is -0.140. The van der Waals surface area contributed by atoms with E-state index in [0.29, 0.717) is 36.5 Å². The minimum absolute atomic E-state index is 0.0154. The second kappa shape index (κ2) is 11.7. The van der Waals surface area contributed by atoms with Crippen LogP contribution in [0.2, 0.25) is 0 Å². The summed E-state index contributed by atoms with van der Waals surface area (Å²) in [4.78, 5) is 45.6. The smallest absolute Gasteiger partial charge is 0.336 e. The lowest BCUT2D eigenvalue weighted by atomic mass is 9.81. The molecule has 2 aromatic rings. The van der Waals surface area contributed by atoms with Gasteiger partial charge in [-0.15, -0.1) is 0 Å². The van der Waals surface area contributed by atoms with E-state index in [0.717, 1.165) is 36.3 Å². The maximum absolute atomic E-state index is 13.4. The molecule has 1 unspecified atom stereocenters. The Hall–Kier alpha value is -3.45. The van der Waals surface area contributed by atoms with Gasteiger partial charge in [0.15, 0.2) is 0 Å². The number of allylic oxidation sites excluding steroid dienone is 1. The van der Waals surface area contributed by atoms with Crippen LogP contribution in [-0.2, 0) is 20.9 Å². The molecule has 0 saturated carbocycles. The number of aryl methyl sites for hydroxylation is 1. The number of piperazine rings is 1. The van der Waals surface area contributed by atoms with Crippen molar-refractivity contribution in [2.24, 2.45) is 0 Å². The van der Waals surface area contributed by atoms with Crippen LogP contribution in [0, 0.1) is 6.92 Å². The highest BCUT2D eigenvalue weighted by Crippen LogP contribution is 2.39. The Morgan fingerprint density at radius 3 is 2.38 bits per heavy atom. The molecule has 0 aromatic heterocycles. The normalized spacial score (nSPS) is 18.8. The molecule has 7 heteroatoms. The van der Waals surface area contributed by atoms with E-state index in [1.807, 2.05) is 67.3 Å². The molecule has 0 N–H and O–H groups in total. The first-order valence-corrected chi connectivity index (χ1v) is 13.2. The Morgan fingerprint density at radius 2 is 1.70 bits per heavy atom. The standard InChI is InChI=1S/C30H37N3O4/c1-5-31-14-16-32(17-15-31)29(35)24-12-9-11-23(18-24)20-33-22(4)28(30(36)37-6-2)26(19-27(33)34)25-13-8-7-10-21(25)3/h7-13,18,26H,5-6,14-17,19-20H2,1-4H3. The van der Waals surface area contributed by atoms with Gasteiger partial charge in [0.25, 0.3) is 5.91 Å².